The summed E-state index contributed by atoms with van der Waals surface area (Å²) in [5.41, 5.74) is 2.47. The molecule has 7 rings (SSSR count). The fourth-order valence-electron chi connectivity index (χ4n) is 5.42. The molecule has 0 bridgehead atoms. The third-order valence-corrected chi connectivity index (χ3v) is 11.7. The van der Waals surface area contributed by atoms with Crippen LogP contribution in [0.5, 0.6) is 11.5 Å². The predicted octanol–water partition coefficient (Wildman–Crippen LogP) is 8.77. The van der Waals surface area contributed by atoms with E-state index >= 15 is 0 Å². The third-order valence-electron chi connectivity index (χ3n) is 7.22. The van der Waals surface area contributed by atoms with Crippen LogP contribution in [0.25, 0.3) is 43.4 Å². The molecule has 0 saturated heterocycles. The monoisotopic (exact) mass is 626 g/mol. The SMILES string of the molecule is COc1ccc2ccccc2c1-c1c2c(cc3ccccc13)C(=O)OI2(=O)Oc1c(C)ccc2ccccc12. The molecular formula is C33H23IO5. The van der Waals surface area contributed by atoms with Gasteiger partial charge in [-0.05, 0) is 0 Å². The van der Waals surface area contributed by atoms with Gasteiger partial charge in [-0.15, -0.1) is 0 Å². The number of benzene rings is 6. The zero-order valence-electron chi connectivity index (χ0n) is 21.2. The Labute approximate surface area is 229 Å². The van der Waals surface area contributed by atoms with Crippen molar-refractivity contribution in [2.45, 2.75) is 6.92 Å². The molecule has 6 aromatic rings. The van der Waals surface area contributed by atoms with E-state index in [1.807, 2.05) is 104 Å². The van der Waals surface area contributed by atoms with Crippen molar-refractivity contribution in [3.05, 3.63) is 118 Å². The second-order valence-electron chi connectivity index (χ2n) is 9.49. The number of halogens is 1. The van der Waals surface area contributed by atoms with Crippen LogP contribution in [0.15, 0.2) is 103 Å². The summed E-state index contributed by atoms with van der Waals surface area (Å²) in [7, 11) is 1.61. The summed E-state index contributed by atoms with van der Waals surface area (Å²) in [4.78, 5) is 13.4. The molecule has 0 fully saturated rings. The van der Waals surface area contributed by atoms with E-state index in [2.05, 4.69) is 0 Å². The second-order valence-corrected chi connectivity index (χ2v) is 13.9. The standard InChI is InChI=1S/C33H23IO5/c1-20-15-16-22-10-4-8-14-26(22)32(20)38-34(36)31-27(33(35)39-34)19-23-11-5-7-13-25(23)30(31)29-24-12-6-3-9-21(24)17-18-28(29)37-2/h3-19H,1-2H3. The Bertz CT molecular complexity index is 2030. The topological polar surface area (TPSA) is 61.8 Å². The number of carbonyl (C=O) groups is 1. The van der Waals surface area contributed by atoms with Gasteiger partial charge in [0.05, 0.1) is 0 Å². The molecule has 0 spiro atoms. The van der Waals surface area contributed by atoms with Crippen LogP contribution in [0.3, 0.4) is 0 Å². The van der Waals surface area contributed by atoms with Crippen molar-refractivity contribution in [1.29, 1.82) is 0 Å². The minimum absolute atomic E-state index is 0.267. The molecule has 192 valence electrons. The molecule has 6 aromatic carbocycles. The van der Waals surface area contributed by atoms with Gasteiger partial charge in [0.25, 0.3) is 0 Å². The van der Waals surface area contributed by atoms with Gasteiger partial charge < -0.3 is 0 Å². The number of carbonyl (C=O) groups excluding carboxylic acids is 1. The van der Waals surface area contributed by atoms with E-state index in [4.69, 9.17) is 10.9 Å². The zero-order chi connectivity index (χ0) is 26.7. The van der Waals surface area contributed by atoms with Crippen molar-refractivity contribution in [3.8, 4) is 22.6 Å². The van der Waals surface area contributed by atoms with E-state index in [9.17, 15) is 7.86 Å². The number of hydrogen-bond acceptors (Lipinski definition) is 5. The first-order valence-corrected chi connectivity index (χ1v) is 16.2. The van der Waals surface area contributed by atoms with Crippen LogP contribution in [-0.2, 0) is 6.14 Å². The summed E-state index contributed by atoms with van der Waals surface area (Å²) in [6.45, 7) is 1.90. The number of rotatable bonds is 4. The molecule has 0 N–H and O–H groups in total. The molecule has 1 unspecified atom stereocenters. The van der Waals surface area contributed by atoms with Crippen LogP contribution >= 0.6 is 19.3 Å². The van der Waals surface area contributed by atoms with E-state index in [1.54, 1.807) is 13.2 Å². The van der Waals surface area contributed by atoms with E-state index in [1.165, 1.54) is 0 Å². The van der Waals surface area contributed by atoms with Gasteiger partial charge in [0.2, 0.25) is 0 Å². The summed E-state index contributed by atoms with van der Waals surface area (Å²) in [5, 5.41) is 5.34. The number of methoxy groups -OCH3 is 1. The number of aryl methyl sites for hydroxylation is 1. The zero-order valence-corrected chi connectivity index (χ0v) is 23.4. The van der Waals surface area contributed by atoms with Crippen LogP contribution < -0.4 is 7.80 Å². The molecule has 0 radical (unpaired) electrons. The van der Waals surface area contributed by atoms with Crippen LogP contribution in [-0.4, -0.2) is 13.1 Å². The minimum atomic E-state index is -5.16. The molecule has 1 atom stereocenters. The van der Waals surface area contributed by atoms with E-state index in [0.29, 0.717) is 20.6 Å². The van der Waals surface area contributed by atoms with Crippen LogP contribution in [0.4, 0.5) is 0 Å². The van der Waals surface area contributed by atoms with Crippen LogP contribution in [0, 0.1) is 10.5 Å². The summed E-state index contributed by atoms with van der Waals surface area (Å²) in [6, 6.07) is 33.0. The fourth-order valence-corrected chi connectivity index (χ4v) is 10.2. The molecule has 1 aliphatic rings. The van der Waals surface area contributed by atoms with Crippen molar-refractivity contribution in [3.63, 3.8) is 0 Å². The van der Waals surface area contributed by atoms with Crippen molar-refractivity contribution in [2.75, 3.05) is 7.11 Å². The van der Waals surface area contributed by atoms with Gasteiger partial charge in [-0.2, -0.15) is 0 Å². The Morgan fingerprint density at radius 3 is 2.00 bits per heavy atom. The van der Waals surface area contributed by atoms with E-state index in [-0.39, 0.29) is 5.56 Å². The first kappa shape index (κ1) is 23.8. The molecule has 0 amide bonds. The average Bonchev–Trinajstić information content (AvgIpc) is 3.21. The van der Waals surface area contributed by atoms with Crippen molar-refractivity contribution in [2.24, 2.45) is 0 Å². The van der Waals surface area contributed by atoms with Crippen molar-refractivity contribution >= 4 is 57.5 Å². The Morgan fingerprint density at radius 1 is 0.692 bits per heavy atom. The Hall–Kier alpha value is -4.30. The molecule has 0 aromatic heterocycles. The van der Waals surface area contributed by atoms with Gasteiger partial charge >= 0.3 is 231 Å². The molecule has 1 heterocycles. The maximum atomic E-state index is 14.9. The Balaban J connectivity index is 1.59. The number of ether oxygens (including phenoxy) is 1. The molecule has 39 heavy (non-hydrogen) atoms. The van der Waals surface area contributed by atoms with Gasteiger partial charge in [0.1, 0.15) is 0 Å². The normalized spacial score (nSPS) is 18.1. The third kappa shape index (κ3) is 3.62. The van der Waals surface area contributed by atoms with E-state index < -0.39 is 25.2 Å². The van der Waals surface area contributed by atoms with Crippen molar-refractivity contribution in [1.82, 2.24) is 0 Å². The van der Waals surface area contributed by atoms with Gasteiger partial charge in [-0.1, -0.05) is 0 Å². The van der Waals surface area contributed by atoms with Crippen LogP contribution in [0.1, 0.15) is 15.9 Å². The summed E-state index contributed by atoms with van der Waals surface area (Å²) in [5.74, 6) is 0.432. The van der Waals surface area contributed by atoms with Gasteiger partial charge in [0, 0.05) is 0 Å². The number of hydrogen-bond donors (Lipinski definition) is 0. The van der Waals surface area contributed by atoms with Crippen LogP contribution in [0.2, 0.25) is 0 Å². The maximum absolute atomic E-state index is 14.9. The molecule has 0 aliphatic carbocycles. The predicted molar refractivity (Wildman–Crippen MR) is 162 cm³/mol. The Morgan fingerprint density at radius 2 is 1.28 bits per heavy atom. The first-order valence-electron chi connectivity index (χ1n) is 12.5. The van der Waals surface area contributed by atoms with Crippen molar-refractivity contribution < 1.29 is 18.7 Å². The fraction of sp³-hybridized carbons (Fsp3) is 0.0606. The molecule has 1 aliphatic heterocycles. The van der Waals surface area contributed by atoms with E-state index in [0.717, 1.165) is 43.4 Å². The summed E-state index contributed by atoms with van der Waals surface area (Å²) >= 11 is -5.16. The van der Waals surface area contributed by atoms with Gasteiger partial charge in [-0.25, -0.2) is 0 Å². The summed E-state index contributed by atoms with van der Waals surface area (Å²) < 4.78 is 33.3. The molecule has 6 heteroatoms. The molecule has 5 nitrogen and oxygen atoms in total. The Kier molecular flexibility index (Phi) is 5.42. The quantitative estimate of drug-likeness (QED) is 0.183. The van der Waals surface area contributed by atoms with Gasteiger partial charge in [-0.3, -0.25) is 0 Å². The first-order chi connectivity index (χ1) is 19.0. The summed E-state index contributed by atoms with van der Waals surface area (Å²) in [6.07, 6.45) is 0. The average molecular weight is 626 g/mol. The molecule has 0 saturated carbocycles. The number of fused-ring (bicyclic) bond motifs is 4. The van der Waals surface area contributed by atoms with Gasteiger partial charge in [0.15, 0.2) is 0 Å². The second kappa shape index (κ2) is 8.88. The molecular weight excluding hydrogens is 603 g/mol.